The normalized spacial score (nSPS) is 19.0. The third-order valence-electron chi connectivity index (χ3n) is 3.94. The van der Waals surface area contributed by atoms with E-state index < -0.39 is 0 Å². The van der Waals surface area contributed by atoms with Gasteiger partial charge in [0.1, 0.15) is 0 Å². The fourth-order valence-electron chi connectivity index (χ4n) is 2.87. The fourth-order valence-corrected chi connectivity index (χ4v) is 3.61. The number of rotatable bonds is 6. The topological polar surface area (TPSA) is 83.6 Å². The minimum atomic E-state index is -0.214. The van der Waals surface area contributed by atoms with Crippen molar-refractivity contribution >= 4 is 23.2 Å². The van der Waals surface area contributed by atoms with Crippen molar-refractivity contribution in [3.05, 3.63) is 16.1 Å². The summed E-state index contributed by atoms with van der Waals surface area (Å²) < 4.78 is 0. The lowest BCUT2D eigenvalue weighted by Gasteiger charge is -2.34. The minimum absolute atomic E-state index is 0.214. The zero-order chi connectivity index (χ0) is 16.7. The van der Waals surface area contributed by atoms with Crippen LogP contribution in [0.4, 0.5) is 0 Å². The molecule has 0 radical (unpaired) electrons. The summed E-state index contributed by atoms with van der Waals surface area (Å²) in [6.45, 7) is 7.41. The second-order valence-corrected chi connectivity index (χ2v) is 6.82. The van der Waals surface area contributed by atoms with Crippen LogP contribution in [-0.4, -0.2) is 41.4 Å². The van der Waals surface area contributed by atoms with E-state index in [2.05, 4.69) is 34.4 Å². The molecule has 0 saturated carbocycles. The maximum atomic E-state index is 11.2. The van der Waals surface area contributed by atoms with Crippen LogP contribution in [0.1, 0.15) is 43.8 Å². The molecule has 1 unspecified atom stereocenters. The first-order valence-corrected chi connectivity index (χ1v) is 9.25. The van der Waals surface area contributed by atoms with Gasteiger partial charge in [-0.1, -0.05) is 6.92 Å². The molecule has 2 heterocycles. The van der Waals surface area contributed by atoms with Gasteiger partial charge in [0.2, 0.25) is 5.91 Å². The van der Waals surface area contributed by atoms with Gasteiger partial charge >= 0.3 is 0 Å². The Kier molecular flexibility index (Phi) is 6.83. The maximum Gasteiger partial charge on any atom is 0.217 e. The van der Waals surface area contributed by atoms with E-state index in [0.29, 0.717) is 18.9 Å². The van der Waals surface area contributed by atoms with Gasteiger partial charge in [0.05, 0.1) is 17.2 Å². The van der Waals surface area contributed by atoms with Gasteiger partial charge < -0.3 is 16.0 Å². The Morgan fingerprint density at radius 1 is 1.57 bits per heavy atom. The highest BCUT2D eigenvalue weighted by Gasteiger charge is 2.23. The lowest BCUT2D eigenvalue weighted by molar-refractivity contribution is -0.119. The van der Waals surface area contributed by atoms with Crippen molar-refractivity contribution in [2.24, 2.45) is 16.6 Å². The highest BCUT2D eigenvalue weighted by Crippen LogP contribution is 2.19. The molecule has 3 N–H and O–H groups in total. The summed E-state index contributed by atoms with van der Waals surface area (Å²) in [6, 6.07) is 0. The lowest BCUT2D eigenvalue weighted by Crippen LogP contribution is -2.47. The Labute approximate surface area is 142 Å². The number of nitrogens with two attached hydrogens (primary N) is 1. The Bertz CT molecular complexity index is 542. The van der Waals surface area contributed by atoms with Crippen molar-refractivity contribution in [1.82, 2.24) is 15.2 Å². The second-order valence-electron chi connectivity index (χ2n) is 5.88. The maximum absolute atomic E-state index is 11.2. The first kappa shape index (κ1) is 17.7. The van der Waals surface area contributed by atoms with E-state index in [0.717, 1.165) is 55.6 Å². The molecule has 0 spiro atoms. The van der Waals surface area contributed by atoms with Gasteiger partial charge in [0.15, 0.2) is 5.96 Å². The first-order chi connectivity index (χ1) is 11.1. The molecule has 1 aliphatic rings. The SMILES string of the molecule is CCNC(=NCc1csc(CC)n1)N1CCCC(CC(N)=O)C1. The predicted molar refractivity (Wildman–Crippen MR) is 94.4 cm³/mol. The number of nitrogens with one attached hydrogen (secondary N) is 1. The third-order valence-corrected chi connectivity index (χ3v) is 4.98. The summed E-state index contributed by atoms with van der Waals surface area (Å²) in [6.07, 6.45) is 3.56. The molecule has 2 rings (SSSR count). The number of carbonyl (C=O) groups excluding carboxylic acids is 1. The van der Waals surface area contributed by atoms with Crippen LogP contribution in [0.15, 0.2) is 10.4 Å². The lowest BCUT2D eigenvalue weighted by atomic mass is 9.95. The van der Waals surface area contributed by atoms with Crippen molar-refractivity contribution in [3.8, 4) is 0 Å². The third kappa shape index (κ3) is 5.49. The molecule has 7 heteroatoms. The second kappa shape index (κ2) is 8.86. The van der Waals surface area contributed by atoms with E-state index in [4.69, 9.17) is 10.7 Å². The number of guanidine groups is 1. The highest BCUT2D eigenvalue weighted by molar-refractivity contribution is 7.09. The Morgan fingerprint density at radius 3 is 3.04 bits per heavy atom. The Hall–Kier alpha value is -1.63. The van der Waals surface area contributed by atoms with Crippen molar-refractivity contribution < 1.29 is 4.79 Å². The van der Waals surface area contributed by atoms with Crippen LogP contribution in [0.25, 0.3) is 0 Å². The molecule has 23 heavy (non-hydrogen) atoms. The molecule has 0 aromatic carbocycles. The molecule has 0 aliphatic carbocycles. The number of aryl methyl sites for hydroxylation is 1. The molecule has 1 saturated heterocycles. The summed E-state index contributed by atoms with van der Waals surface area (Å²) in [5.74, 6) is 1.03. The van der Waals surface area contributed by atoms with Gasteiger partial charge in [-0.05, 0) is 32.1 Å². The van der Waals surface area contributed by atoms with Crippen LogP contribution in [0.5, 0.6) is 0 Å². The molecule has 1 atom stereocenters. The number of aromatic nitrogens is 1. The zero-order valence-corrected chi connectivity index (χ0v) is 14.9. The number of thiazole rings is 1. The average Bonchev–Trinajstić information content (AvgIpc) is 2.99. The standard InChI is InChI=1S/C16H27N5OS/c1-3-15-20-13(11-23-15)9-19-16(18-4-2)21-7-5-6-12(10-21)8-14(17)22/h11-12H,3-10H2,1-2H3,(H2,17,22)(H,18,19). The fraction of sp³-hybridized carbons (Fsp3) is 0.688. The van der Waals surface area contributed by atoms with Crippen LogP contribution in [0.2, 0.25) is 0 Å². The summed E-state index contributed by atoms with van der Waals surface area (Å²) in [5.41, 5.74) is 6.36. The number of nitrogens with zero attached hydrogens (tertiary/aromatic N) is 3. The quantitative estimate of drug-likeness (QED) is 0.612. The zero-order valence-electron chi connectivity index (χ0n) is 14.0. The number of piperidine rings is 1. The van der Waals surface area contributed by atoms with E-state index in [1.54, 1.807) is 11.3 Å². The van der Waals surface area contributed by atoms with Gasteiger partial charge in [-0.2, -0.15) is 0 Å². The summed E-state index contributed by atoms with van der Waals surface area (Å²) in [5, 5.41) is 6.59. The number of carbonyl (C=O) groups is 1. The average molecular weight is 337 g/mol. The van der Waals surface area contributed by atoms with E-state index in [1.807, 2.05) is 0 Å². The number of aliphatic imine (C=N–C) groups is 1. The van der Waals surface area contributed by atoms with E-state index in [1.165, 1.54) is 0 Å². The van der Waals surface area contributed by atoms with Crippen LogP contribution < -0.4 is 11.1 Å². The monoisotopic (exact) mass is 337 g/mol. The summed E-state index contributed by atoms with van der Waals surface area (Å²) in [7, 11) is 0. The molecule has 128 valence electrons. The van der Waals surface area contributed by atoms with Crippen LogP contribution in [-0.2, 0) is 17.8 Å². The molecular weight excluding hydrogens is 310 g/mol. The van der Waals surface area contributed by atoms with Crippen molar-refractivity contribution in [1.29, 1.82) is 0 Å². The van der Waals surface area contributed by atoms with E-state index >= 15 is 0 Å². The molecular formula is C16H27N5OS. The number of hydrogen-bond donors (Lipinski definition) is 2. The smallest absolute Gasteiger partial charge is 0.217 e. The van der Waals surface area contributed by atoms with Crippen molar-refractivity contribution in [3.63, 3.8) is 0 Å². The van der Waals surface area contributed by atoms with Crippen molar-refractivity contribution in [2.45, 2.75) is 46.1 Å². The van der Waals surface area contributed by atoms with Crippen LogP contribution in [0, 0.1) is 5.92 Å². The molecule has 1 aliphatic heterocycles. The minimum Gasteiger partial charge on any atom is -0.370 e. The highest BCUT2D eigenvalue weighted by atomic mass is 32.1. The predicted octanol–water partition coefficient (Wildman–Crippen LogP) is 1.76. The van der Waals surface area contributed by atoms with Gasteiger partial charge in [0, 0.05) is 31.4 Å². The van der Waals surface area contributed by atoms with Gasteiger partial charge in [-0.3, -0.25) is 4.79 Å². The van der Waals surface area contributed by atoms with Crippen LogP contribution in [0.3, 0.4) is 0 Å². The molecule has 0 bridgehead atoms. The molecule has 6 nitrogen and oxygen atoms in total. The summed E-state index contributed by atoms with van der Waals surface area (Å²) in [4.78, 5) is 22.7. The molecule has 1 aromatic rings. The summed E-state index contributed by atoms with van der Waals surface area (Å²) >= 11 is 1.69. The Balaban J connectivity index is 2.01. The number of hydrogen-bond acceptors (Lipinski definition) is 4. The molecule has 1 amide bonds. The van der Waals surface area contributed by atoms with Gasteiger partial charge in [-0.15, -0.1) is 11.3 Å². The first-order valence-electron chi connectivity index (χ1n) is 8.37. The van der Waals surface area contributed by atoms with Crippen molar-refractivity contribution in [2.75, 3.05) is 19.6 Å². The van der Waals surface area contributed by atoms with Gasteiger partial charge in [-0.25, -0.2) is 9.98 Å². The van der Waals surface area contributed by atoms with Crippen LogP contribution >= 0.6 is 11.3 Å². The Morgan fingerprint density at radius 2 is 2.39 bits per heavy atom. The molecule has 1 aromatic heterocycles. The van der Waals surface area contributed by atoms with Gasteiger partial charge in [0.25, 0.3) is 0 Å². The largest absolute Gasteiger partial charge is 0.370 e. The number of amides is 1. The van der Waals surface area contributed by atoms with E-state index in [-0.39, 0.29) is 5.91 Å². The molecule has 1 fully saturated rings. The van der Waals surface area contributed by atoms with E-state index in [9.17, 15) is 4.79 Å². The number of primary amides is 1. The number of likely N-dealkylation sites (tertiary alicyclic amines) is 1.